The summed E-state index contributed by atoms with van der Waals surface area (Å²) in [4.78, 5) is 26.7. The summed E-state index contributed by atoms with van der Waals surface area (Å²) in [6.45, 7) is 4.91. The van der Waals surface area contributed by atoms with Crippen molar-refractivity contribution in [3.63, 3.8) is 0 Å². The topological polar surface area (TPSA) is 63.4 Å². The van der Waals surface area contributed by atoms with E-state index >= 15 is 0 Å². The average Bonchev–Trinajstić information content (AvgIpc) is 2.94. The first-order valence-corrected chi connectivity index (χ1v) is 6.96. The fourth-order valence-corrected chi connectivity index (χ4v) is 3.24. The van der Waals surface area contributed by atoms with Crippen LogP contribution in [0.2, 0.25) is 0 Å². The Hall–Kier alpha value is -0.910. The fourth-order valence-electron chi connectivity index (χ4n) is 2.38. The van der Waals surface area contributed by atoms with E-state index in [0.29, 0.717) is 22.2 Å². The molecule has 4 nitrogen and oxygen atoms in total. The van der Waals surface area contributed by atoms with E-state index in [1.165, 1.54) is 18.3 Å². The Morgan fingerprint density at radius 1 is 1.42 bits per heavy atom. The van der Waals surface area contributed by atoms with Crippen LogP contribution in [0.25, 0.3) is 0 Å². The zero-order chi connectivity index (χ0) is 13.3. The molecule has 0 aromatic carbocycles. The Labute approximate surface area is 123 Å². The van der Waals surface area contributed by atoms with Crippen LogP contribution >= 0.6 is 23.7 Å². The van der Waals surface area contributed by atoms with Gasteiger partial charge in [-0.15, -0.1) is 23.7 Å². The lowest BCUT2D eigenvalue weighted by molar-refractivity contribution is 0.0748. The number of rotatable bonds is 3. The number of ketones is 1. The molecule has 1 aromatic rings. The van der Waals surface area contributed by atoms with Gasteiger partial charge in [-0.1, -0.05) is 0 Å². The number of hydrogen-bond donors (Lipinski definition) is 1. The van der Waals surface area contributed by atoms with E-state index in [-0.39, 0.29) is 30.1 Å². The maximum Gasteiger partial charge on any atom is 0.264 e. The average molecular weight is 303 g/mol. The second-order valence-corrected chi connectivity index (χ2v) is 5.95. The Morgan fingerprint density at radius 3 is 2.53 bits per heavy atom. The quantitative estimate of drug-likeness (QED) is 0.871. The zero-order valence-corrected chi connectivity index (χ0v) is 12.7. The highest BCUT2D eigenvalue weighted by Crippen LogP contribution is 2.26. The van der Waals surface area contributed by atoms with Gasteiger partial charge in [-0.05, 0) is 44.9 Å². The van der Waals surface area contributed by atoms with Gasteiger partial charge in [0, 0.05) is 12.6 Å². The van der Waals surface area contributed by atoms with Gasteiger partial charge in [0.05, 0.1) is 9.75 Å². The Balaban J connectivity index is 0.00000180. The molecule has 106 valence electrons. The van der Waals surface area contributed by atoms with E-state index in [9.17, 15) is 9.59 Å². The van der Waals surface area contributed by atoms with Crippen LogP contribution in [-0.2, 0) is 0 Å². The maximum atomic E-state index is 12.3. The molecular weight excluding hydrogens is 284 g/mol. The second kappa shape index (κ2) is 6.50. The maximum absolute atomic E-state index is 12.3. The van der Waals surface area contributed by atoms with Crippen molar-refractivity contribution in [1.82, 2.24) is 4.90 Å². The lowest BCUT2D eigenvalue weighted by Gasteiger charge is -2.20. The minimum absolute atomic E-state index is 0. The number of thiophene rings is 1. The zero-order valence-electron chi connectivity index (χ0n) is 11.1. The van der Waals surface area contributed by atoms with E-state index in [4.69, 9.17) is 5.73 Å². The molecule has 0 bridgehead atoms. The smallest absolute Gasteiger partial charge is 0.264 e. The van der Waals surface area contributed by atoms with Gasteiger partial charge >= 0.3 is 0 Å². The number of carbonyl (C=O) groups excluding carboxylic acids is 2. The van der Waals surface area contributed by atoms with Gasteiger partial charge in [0.15, 0.2) is 5.78 Å². The largest absolute Gasteiger partial charge is 0.335 e. The molecule has 2 atom stereocenters. The number of Topliss-reactive ketones (excluding diaryl/α,β-unsaturated/α-hetero) is 1. The molecular formula is C13H19ClN2O2S. The van der Waals surface area contributed by atoms with Gasteiger partial charge in [-0.3, -0.25) is 9.59 Å². The number of halogens is 1. The highest BCUT2D eigenvalue weighted by Gasteiger charge is 2.32. The van der Waals surface area contributed by atoms with Gasteiger partial charge in [-0.2, -0.15) is 0 Å². The van der Waals surface area contributed by atoms with Crippen molar-refractivity contribution in [3.8, 4) is 0 Å². The summed E-state index contributed by atoms with van der Waals surface area (Å²) in [5.74, 6) is 0.431. The van der Waals surface area contributed by atoms with Gasteiger partial charge in [0.25, 0.3) is 5.91 Å². The molecule has 1 saturated heterocycles. The van der Waals surface area contributed by atoms with E-state index in [0.717, 1.165) is 13.0 Å². The molecule has 2 heterocycles. The lowest BCUT2D eigenvalue weighted by atomic mass is 10.1. The molecule has 1 aromatic heterocycles. The minimum atomic E-state index is 0. The molecule has 0 aliphatic carbocycles. The van der Waals surface area contributed by atoms with Crippen LogP contribution in [0.4, 0.5) is 0 Å². The number of nitrogens with zero attached hydrogens (tertiary/aromatic N) is 1. The third kappa shape index (κ3) is 3.35. The van der Waals surface area contributed by atoms with E-state index in [2.05, 4.69) is 0 Å². The molecule has 0 spiro atoms. The molecule has 6 heteroatoms. The SMILES string of the molecule is CC(=O)c1ccc(C(=O)N2CC(CN)CC2C)s1.Cl. The number of amides is 1. The number of carbonyl (C=O) groups is 2. The van der Waals surface area contributed by atoms with Crippen LogP contribution in [0.1, 0.15) is 39.6 Å². The van der Waals surface area contributed by atoms with Crippen LogP contribution < -0.4 is 5.73 Å². The van der Waals surface area contributed by atoms with Gasteiger partial charge in [0.2, 0.25) is 0 Å². The predicted octanol–water partition coefficient (Wildman–Crippen LogP) is 2.18. The summed E-state index contributed by atoms with van der Waals surface area (Å²) in [7, 11) is 0. The molecule has 1 amide bonds. The fraction of sp³-hybridized carbons (Fsp3) is 0.538. The number of nitrogens with two attached hydrogens (primary N) is 1. The number of likely N-dealkylation sites (tertiary alicyclic amines) is 1. The minimum Gasteiger partial charge on any atom is -0.335 e. The first kappa shape index (κ1) is 16.1. The molecule has 0 radical (unpaired) electrons. The molecule has 0 saturated carbocycles. The first-order valence-electron chi connectivity index (χ1n) is 6.14. The molecule has 1 aliphatic rings. The van der Waals surface area contributed by atoms with Crippen LogP contribution in [0.15, 0.2) is 12.1 Å². The summed E-state index contributed by atoms with van der Waals surface area (Å²) < 4.78 is 0. The van der Waals surface area contributed by atoms with Gasteiger partial charge < -0.3 is 10.6 Å². The molecule has 1 aliphatic heterocycles. The summed E-state index contributed by atoms with van der Waals surface area (Å²) in [5, 5.41) is 0. The van der Waals surface area contributed by atoms with E-state index in [1.807, 2.05) is 11.8 Å². The molecule has 2 N–H and O–H groups in total. The first-order chi connectivity index (χ1) is 8.52. The van der Waals surface area contributed by atoms with Crippen molar-refractivity contribution in [1.29, 1.82) is 0 Å². The predicted molar refractivity (Wildman–Crippen MR) is 79.2 cm³/mol. The van der Waals surface area contributed by atoms with Gasteiger partial charge in [0.1, 0.15) is 0 Å². The highest BCUT2D eigenvalue weighted by molar-refractivity contribution is 7.15. The van der Waals surface area contributed by atoms with Crippen LogP contribution in [0.3, 0.4) is 0 Å². The normalized spacial score (nSPS) is 22.2. The Morgan fingerprint density at radius 2 is 2.05 bits per heavy atom. The standard InChI is InChI=1S/C13H18N2O2S.ClH/c1-8-5-10(6-14)7-15(8)13(17)12-4-3-11(18-12)9(2)16;/h3-4,8,10H,5-7,14H2,1-2H3;1H. The Bertz CT molecular complexity index is 475. The third-order valence-electron chi connectivity index (χ3n) is 3.42. The van der Waals surface area contributed by atoms with Crippen molar-refractivity contribution in [2.75, 3.05) is 13.1 Å². The third-order valence-corrected chi connectivity index (χ3v) is 4.59. The second-order valence-electron chi connectivity index (χ2n) is 4.86. The van der Waals surface area contributed by atoms with Crippen LogP contribution in [-0.4, -0.2) is 35.7 Å². The van der Waals surface area contributed by atoms with Crippen LogP contribution in [0, 0.1) is 5.92 Å². The van der Waals surface area contributed by atoms with Gasteiger partial charge in [-0.25, -0.2) is 0 Å². The molecule has 2 rings (SSSR count). The summed E-state index contributed by atoms with van der Waals surface area (Å²) >= 11 is 1.27. The van der Waals surface area contributed by atoms with Crippen molar-refractivity contribution < 1.29 is 9.59 Å². The van der Waals surface area contributed by atoms with E-state index in [1.54, 1.807) is 12.1 Å². The van der Waals surface area contributed by atoms with Crippen molar-refractivity contribution >= 4 is 35.4 Å². The summed E-state index contributed by atoms with van der Waals surface area (Å²) in [6.07, 6.45) is 0.965. The van der Waals surface area contributed by atoms with Crippen molar-refractivity contribution in [2.24, 2.45) is 11.7 Å². The van der Waals surface area contributed by atoms with Crippen LogP contribution in [0.5, 0.6) is 0 Å². The highest BCUT2D eigenvalue weighted by atomic mass is 35.5. The Kier molecular flexibility index (Phi) is 5.52. The van der Waals surface area contributed by atoms with E-state index < -0.39 is 0 Å². The summed E-state index contributed by atoms with van der Waals surface area (Å²) in [5.41, 5.74) is 5.66. The van der Waals surface area contributed by atoms with Crippen molar-refractivity contribution in [2.45, 2.75) is 26.3 Å². The summed E-state index contributed by atoms with van der Waals surface area (Å²) in [6, 6.07) is 3.70. The lowest BCUT2D eigenvalue weighted by Crippen LogP contribution is -2.33. The molecule has 19 heavy (non-hydrogen) atoms. The monoisotopic (exact) mass is 302 g/mol. The molecule has 1 fully saturated rings. The van der Waals surface area contributed by atoms with Crippen molar-refractivity contribution in [3.05, 3.63) is 21.9 Å². The molecule has 2 unspecified atom stereocenters. The number of hydrogen-bond acceptors (Lipinski definition) is 4.